The maximum absolute atomic E-state index is 12.3. The molecule has 0 saturated heterocycles. The maximum atomic E-state index is 12.3. The van der Waals surface area contributed by atoms with E-state index in [9.17, 15) is 14.7 Å². The van der Waals surface area contributed by atoms with Crippen LogP contribution in [0.1, 0.15) is 54.4 Å². The monoisotopic (exact) mass is 906 g/mol. The highest BCUT2D eigenvalue weighted by molar-refractivity contribution is 6.31. The van der Waals surface area contributed by atoms with Gasteiger partial charge in [0, 0.05) is 55.3 Å². The van der Waals surface area contributed by atoms with Crippen LogP contribution >= 0.6 is 23.2 Å². The minimum absolute atomic E-state index is 0.172. The van der Waals surface area contributed by atoms with Crippen LogP contribution in [0.3, 0.4) is 0 Å². The summed E-state index contributed by atoms with van der Waals surface area (Å²) in [5.74, 6) is -0.0638. The van der Waals surface area contributed by atoms with Gasteiger partial charge in [-0.15, -0.1) is 0 Å². The number of hydrogen-bond acceptors (Lipinski definition) is 7. The summed E-state index contributed by atoms with van der Waals surface area (Å²) in [4.78, 5) is 24.1. The number of aromatic nitrogens is 2. The van der Waals surface area contributed by atoms with Gasteiger partial charge >= 0.3 is 11.9 Å². The molecule has 2 aromatic heterocycles. The van der Waals surface area contributed by atoms with Gasteiger partial charge in [-0.2, -0.15) is 0 Å². The number of aromatic carboxylic acids is 1. The summed E-state index contributed by atoms with van der Waals surface area (Å²) in [5.41, 5.74) is 23.9. The molecular formula is C53H48Cl2N4O6. The minimum Gasteiger partial charge on any atom is -0.488 e. The molecule has 10 nitrogen and oxygen atoms in total. The molecule has 6 aromatic carbocycles. The van der Waals surface area contributed by atoms with Crippen LogP contribution in [-0.2, 0) is 18.0 Å². The topological polar surface area (TPSA) is 144 Å². The molecule has 5 N–H and O–H groups in total. The van der Waals surface area contributed by atoms with E-state index < -0.39 is 11.9 Å². The smallest absolute Gasteiger partial charge is 0.338 e. The highest BCUT2D eigenvalue weighted by Gasteiger charge is 2.21. The zero-order chi connectivity index (χ0) is 46.4. The third-order valence-corrected chi connectivity index (χ3v) is 11.5. The Balaban J connectivity index is 0.000000194. The lowest BCUT2D eigenvalue weighted by Gasteiger charge is -2.18. The van der Waals surface area contributed by atoms with Crippen LogP contribution in [0.25, 0.3) is 33.9 Å². The van der Waals surface area contributed by atoms with E-state index in [-0.39, 0.29) is 5.56 Å². The summed E-state index contributed by atoms with van der Waals surface area (Å²) in [6.07, 6.45) is 0. The van der Waals surface area contributed by atoms with Crippen molar-refractivity contribution in [3.63, 3.8) is 0 Å². The lowest BCUT2D eigenvalue weighted by atomic mass is 10.0. The number of ether oxygens (including phenoxy) is 3. The number of nitrogens with two attached hydrogens (primary N) is 2. The lowest BCUT2D eigenvalue weighted by Crippen LogP contribution is -2.09. The van der Waals surface area contributed by atoms with Gasteiger partial charge < -0.3 is 39.9 Å². The van der Waals surface area contributed by atoms with Crippen LogP contribution in [0.4, 0.5) is 11.4 Å². The van der Waals surface area contributed by atoms with Crippen LogP contribution in [-0.4, -0.2) is 33.3 Å². The Morgan fingerprint density at radius 1 is 0.554 bits per heavy atom. The molecule has 0 atom stereocenters. The molecule has 0 aliphatic rings. The number of carboxylic acids is 1. The number of carbonyl (C=O) groups is 2. The second-order valence-electron chi connectivity index (χ2n) is 15.4. The molecule has 0 aliphatic heterocycles. The van der Waals surface area contributed by atoms with Crippen molar-refractivity contribution in [3.8, 4) is 45.4 Å². The van der Waals surface area contributed by atoms with Crippen LogP contribution < -0.4 is 20.9 Å². The van der Waals surface area contributed by atoms with E-state index >= 15 is 0 Å². The molecule has 0 bridgehead atoms. The number of carbonyl (C=O) groups excluding carboxylic acids is 1. The number of anilines is 2. The quantitative estimate of drug-likeness (QED) is 0.0812. The molecule has 12 heteroatoms. The van der Waals surface area contributed by atoms with Gasteiger partial charge in [-0.1, -0.05) is 83.9 Å². The van der Waals surface area contributed by atoms with E-state index in [1.165, 1.54) is 7.11 Å². The van der Waals surface area contributed by atoms with Gasteiger partial charge in [0.25, 0.3) is 0 Å². The highest BCUT2D eigenvalue weighted by Crippen LogP contribution is 2.39. The van der Waals surface area contributed by atoms with Gasteiger partial charge in [0.2, 0.25) is 0 Å². The summed E-state index contributed by atoms with van der Waals surface area (Å²) >= 11 is 12.7. The standard InChI is InChI=1S/C27H25ClN2O3.C26H23ClN2O3/c1-17-9-11-25(30(17)21-14-22(27(31)32-3)18(2)24(29)15-21)23-13-20(28)10-12-26(23)33-16-19-7-5-4-6-8-19;1-16-8-10-24(29(16)20-13-21(26(30)31)17(2)23(28)14-20)22-12-19(27)9-11-25(22)32-15-18-6-4-3-5-7-18/h4-15H,16,29H2,1-3H3;3-14H,15,28H2,1-2H3,(H,30,31). The first kappa shape index (κ1) is 45.6. The largest absolute Gasteiger partial charge is 0.488 e. The number of carboxylic acid groups (broad SMARTS) is 1. The summed E-state index contributed by atoms with van der Waals surface area (Å²) < 4.78 is 21.3. The van der Waals surface area contributed by atoms with Crippen molar-refractivity contribution in [2.45, 2.75) is 40.9 Å². The lowest BCUT2D eigenvalue weighted by molar-refractivity contribution is 0.0599. The fourth-order valence-corrected chi connectivity index (χ4v) is 7.90. The molecule has 0 spiro atoms. The summed E-state index contributed by atoms with van der Waals surface area (Å²) in [6, 6.07) is 46.0. The number of nitrogens with zero attached hydrogens (tertiary/aromatic N) is 2. The first-order chi connectivity index (χ1) is 31.2. The number of rotatable bonds is 12. The number of esters is 1. The Kier molecular flexibility index (Phi) is 14.0. The number of halogens is 2. The van der Waals surface area contributed by atoms with Crippen LogP contribution in [0.5, 0.6) is 11.5 Å². The number of nitrogen functional groups attached to an aromatic ring is 2. The fourth-order valence-electron chi connectivity index (χ4n) is 7.55. The molecule has 8 aromatic rings. The molecular weight excluding hydrogens is 860 g/mol. The van der Waals surface area contributed by atoms with Crippen molar-refractivity contribution in [2.24, 2.45) is 0 Å². The third kappa shape index (κ3) is 10.2. The Bertz CT molecular complexity index is 3020. The highest BCUT2D eigenvalue weighted by atomic mass is 35.5. The van der Waals surface area contributed by atoms with Gasteiger partial charge in [0.05, 0.1) is 29.6 Å². The molecule has 8 rings (SSSR count). The number of methoxy groups -OCH3 is 1. The van der Waals surface area contributed by atoms with Crippen molar-refractivity contribution in [2.75, 3.05) is 18.6 Å². The second kappa shape index (κ2) is 20.0. The van der Waals surface area contributed by atoms with E-state index in [0.29, 0.717) is 68.5 Å². The molecule has 330 valence electrons. The Morgan fingerprint density at radius 2 is 0.969 bits per heavy atom. The SMILES string of the molecule is COC(=O)c1cc(-n2c(C)ccc2-c2cc(Cl)ccc2OCc2ccccc2)cc(N)c1C.Cc1c(N)cc(-n2c(C)ccc2-c2cc(Cl)ccc2OCc2ccccc2)cc1C(=O)O. The van der Waals surface area contributed by atoms with Crippen LogP contribution in [0.15, 0.2) is 146 Å². The number of benzene rings is 6. The second-order valence-corrected chi connectivity index (χ2v) is 16.3. The van der Waals surface area contributed by atoms with Crippen molar-refractivity contribution < 1.29 is 28.9 Å². The fraction of sp³-hybridized carbons (Fsp3) is 0.132. The summed E-state index contributed by atoms with van der Waals surface area (Å²) in [5, 5.41) is 10.8. The molecule has 0 radical (unpaired) electrons. The average Bonchev–Trinajstić information content (AvgIpc) is 3.89. The molecule has 0 saturated carbocycles. The Morgan fingerprint density at radius 3 is 1.38 bits per heavy atom. The Hall–Kier alpha value is -7.40. The average molecular weight is 908 g/mol. The number of aryl methyl sites for hydroxylation is 2. The predicted molar refractivity (Wildman–Crippen MR) is 260 cm³/mol. The van der Waals surface area contributed by atoms with E-state index in [2.05, 4.69) is 0 Å². The normalized spacial score (nSPS) is 10.8. The molecule has 2 heterocycles. The van der Waals surface area contributed by atoms with Gasteiger partial charge in [-0.3, -0.25) is 0 Å². The zero-order valence-corrected chi connectivity index (χ0v) is 38.1. The molecule has 0 fully saturated rings. The first-order valence-electron chi connectivity index (χ1n) is 20.7. The number of hydrogen-bond donors (Lipinski definition) is 3. The maximum Gasteiger partial charge on any atom is 0.338 e. The molecule has 0 unspecified atom stereocenters. The first-order valence-corrected chi connectivity index (χ1v) is 21.4. The van der Waals surface area contributed by atoms with Crippen LogP contribution in [0.2, 0.25) is 10.0 Å². The molecule has 0 amide bonds. The van der Waals surface area contributed by atoms with Crippen molar-refractivity contribution in [1.82, 2.24) is 9.13 Å². The van der Waals surface area contributed by atoms with Gasteiger partial charge in [0.15, 0.2) is 0 Å². The van der Waals surface area contributed by atoms with Crippen molar-refractivity contribution in [3.05, 3.63) is 200 Å². The van der Waals surface area contributed by atoms with E-state index in [0.717, 1.165) is 50.7 Å². The van der Waals surface area contributed by atoms with Crippen molar-refractivity contribution >= 4 is 46.5 Å². The zero-order valence-electron chi connectivity index (χ0n) is 36.6. The van der Waals surface area contributed by atoms with Gasteiger partial charge in [-0.25, -0.2) is 9.59 Å². The Labute approximate surface area is 388 Å². The minimum atomic E-state index is -1.02. The molecule has 0 aliphatic carbocycles. The summed E-state index contributed by atoms with van der Waals surface area (Å²) in [7, 11) is 1.36. The van der Waals surface area contributed by atoms with Gasteiger partial charge in [0.1, 0.15) is 24.7 Å². The third-order valence-electron chi connectivity index (χ3n) is 11.1. The van der Waals surface area contributed by atoms with E-state index in [4.69, 9.17) is 48.9 Å². The van der Waals surface area contributed by atoms with Crippen LogP contribution in [0, 0.1) is 27.7 Å². The van der Waals surface area contributed by atoms with Crippen molar-refractivity contribution in [1.29, 1.82) is 0 Å². The van der Waals surface area contributed by atoms with E-state index in [1.54, 1.807) is 38.1 Å². The van der Waals surface area contributed by atoms with Gasteiger partial charge in [-0.05, 0) is 135 Å². The predicted octanol–water partition coefficient (Wildman–Crippen LogP) is 12.6. The molecule has 65 heavy (non-hydrogen) atoms. The van der Waals surface area contributed by atoms with E-state index in [1.807, 2.05) is 144 Å². The summed E-state index contributed by atoms with van der Waals surface area (Å²) in [6.45, 7) is 8.30.